The summed E-state index contributed by atoms with van der Waals surface area (Å²) in [7, 11) is 1.82. The second kappa shape index (κ2) is 3.97. The lowest BCUT2D eigenvalue weighted by atomic mass is 9.85. The van der Waals surface area contributed by atoms with Crippen molar-refractivity contribution in [3.05, 3.63) is 0 Å². The van der Waals surface area contributed by atoms with Crippen LogP contribution in [0, 0.1) is 5.92 Å². The first-order valence-electron chi connectivity index (χ1n) is 5.56. The van der Waals surface area contributed by atoms with Crippen molar-refractivity contribution in [1.29, 1.82) is 0 Å². The summed E-state index contributed by atoms with van der Waals surface area (Å²) in [5.41, 5.74) is 0. The van der Waals surface area contributed by atoms with Crippen molar-refractivity contribution in [2.24, 2.45) is 5.92 Å². The number of hydrogen-bond acceptors (Lipinski definition) is 2. The third-order valence-corrected chi connectivity index (χ3v) is 3.71. The molecule has 1 saturated heterocycles. The second-order valence-electron chi connectivity index (χ2n) is 4.73. The van der Waals surface area contributed by atoms with Crippen molar-refractivity contribution in [3.8, 4) is 0 Å². The quantitative estimate of drug-likeness (QED) is 0.648. The summed E-state index contributed by atoms with van der Waals surface area (Å²) in [4.78, 5) is 2.60. The minimum absolute atomic E-state index is 0.527. The molecule has 1 aliphatic carbocycles. The maximum absolute atomic E-state index is 5.29. The summed E-state index contributed by atoms with van der Waals surface area (Å²) in [6.45, 7) is 4.73. The van der Waals surface area contributed by atoms with E-state index in [9.17, 15) is 0 Å². The average molecular weight is 183 g/mol. The Kier molecular flexibility index (Phi) is 2.89. The molecule has 0 atom stereocenters. The Morgan fingerprint density at radius 1 is 1.08 bits per heavy atom. The van der Waals surface area contributed by atoms with Gasteiger partial charge in [0.1, 0.15) is 0 Å². The molecular formula is C11H21NO. The number of hydrogen-bond donors (Lipinski definition) is 0. The maximum Gasteiger partial charge on any atom is 0.0825 e. The minimum Gasteiger partial charge on any atom is -0.379 e. The molecule has 0 amide bonds. The largest absolute Gasteiger partial charge is 0.379 e. The van der Waals surface area contributed by atoms with Gasteiger partial charge in [-0.1, -0.05) is 6.92 Å². The molecule has 0 spiro atoms. The highest BCUT2D eigenvalue weighted by Gasteiger charge is 2.33. The summed E-state index contributed by atoms with van der Waals surface area (Å²) < 4.78 is 5.29. The van der Waals surface area contributed by atoms with Crippen molar-refractivity contribution < 1.29 is 4.74 Å². The standard InChI is InChI=1S/C11H21NO/c1-9-3-5-10(6-4-9)12-7-11(8-12)13-2/h9-11H,3-8H2,1-2H3/t9-,10-. The third kappa shape index (κ3) is 2.05. The molecule has 0 N–H and O–H groups in total. The number of nitrogens with zero attached hydrogens (tertiary/aromatic N) is 1. The molecule has 1 saturated carbocycles. The van der Waals surface area contributed by atoms with Crippen LogP contribution in [0.1, 0.15) is 32.6 Å². The SMILES string of the molecule is COC1CN([C@H]2CC[C@H](C)CC2)C1. The molecule has 2 nitrogen and oxygen atoms in total. The molecule has 0 radical (unpaired) electrons. The van der Waals surface area contributed by atoms with E-state index < -0.39 is 0 Å². The third-order valence-electron chi connectivity index (χ3n) is 3.71. The fraction of sp³-hybridized carbons (Fsp3) is 1.00. The van der Waals surface area contributed by atoms with Crippen molar-refractivity contribution in [1.82, 2.24) is 4.90 Å². The molecule has 2 heteroatoms. The highest BCUT2D eigenvalue weighted by molar-refractivity contribution is 4.88. The van der Waals surface area contributed by atoms with Gasteiger partial charge in [0, 0.05) is 26.2 Å². The van der Waals surface area contributed by atoms with Crippen molar-refractivity contribution in [2.45, 2.75) is 44.8 Å². The van der Waals surface area contributed by atoms with E-state index in [0.717, 1.165) is 12.0 Å². The predicted molar refractivity (Wildman–Crippen MR) is 53.8 cm³/mol. The summed E-state index contributed by atoms with van der Waals surface area (Å²) in [5.74, 6) is 0.968. The normalized spacial score (nSPS) is 37.4. The van der Waals surface area contributed by atoms with Gasteiger partial charge >= 0.3 is 0 Å². The van der Waals surface area contributed by atoms with Crippen LogP contribution >= 0.6 is 0 Å². The van der Waals surface area contributed by atoms with Crippen LogP contribution < -0.4 is 0 Å². The molecule has 0 unspecified atom stereocenters. The van der Waals surface area contributed by atoms with E-state index >= 15 is 0 Å². The van der Waals surface area contributed by atoms with Gasteiger partial charge in [-0.2, -0.15) is 0 Å². The van der Waals surface area contributed by atoms with E-state index in [1.807, 2.05) is 7.11 Å². The van der Waals surface area contributed by atoms with E-state index in [4.69, 9.17) is 4.74 Å². The lowest BCUT2D eigenvalue weighted by Gasteiger charge is -2.45. The summed E-state index contributed by atoms with van der Waals surface area (Å²) in [6, 6.07) is 0.877. The van der Waals surface area contributed by atoms with Crippen LogP contribution in [0.15, 0.2) is 0 Å². The van der Waals surface area contributed by atoms with E-state index in [0.29, 0.717) is 6.10 Å². The first-order chi connectivity index (χ1) is 6.29. The summed E-state index contributed by atoms with van der Waals surface area (Å²) >= 11 is 0. The molecule has 76 valence electrons. The van der Waals surface area contributed by atoms with Gasteiger partial charge in [-0.3, -0.25) is 4.90 Å². The highest BCUT2D eigenvalue weighted by atomic mass is 16.5. The van der Waals surface area contributed by atoms with Gasteiger partial charge < -0.3 is 4.74 Å². The Morgan fingerprint density at radius 3 is 2.23 bits per heavy atom. The summed E-state index contributed by atoms with van der Waals surface area (Å²) in [5, 5.41) is 0. The average Bonchev–Trinajstić information content (AvgIpc) is 2.06. The molecule has 0 bridgehead atoms. The van der Waals surface area contributed by atoms with Crippen molar-refractivity contribution in [3.63, 3.8) is 0 Å². The monoisotopic (exact) mass is 183 g/mol. The first kappa shape index (κ1) is 9.47. The minimum atomic E-state index is 0.527. The van der Waals surface area contributed by atoms with Crippen LogP contribution in [0.5, 0.6) is 0 Å². The lowest BCUT2D eigenvalue weighted by Crippen LogP contribution is -2.56. The van der Waals surface area contributed by atoms with Gasteiger partial charge in [0.25, 0.3) is 0 Å². The number of rotatable bonds is 2. The molecule has 0 aromatic carbocycles. The van der Waals surface area contributed by atoms with E-state index in [2.05, 4.69) is 11.8 Å². The van der Waals surface area contributed by atoms with E-state index in [1.54, 1.807) is 0 Å². The predicted octanol–water partition coefficient (Wildman–Crippen LogP) is 1.90. The molecule has 1 aliphatic heterocycles. The molecule has 2 aliphatic rings. The van der Waals surface area contributed by atoms with Crippen LogP contribution in [0.25, 0.3) is 0 Å². The molecule has 0 aromatic heterocycles. The molecule has 2 fully saturated rings. The van der Waals surface area contributed by atoms with Gasteiger partial charge in [-0.15, -0.1) is 0 Å². The Hall–Kier alpha value is -0.0800. The van der Waals surface area contributed by atoms with Gasteiger partial charge in [0.15, 0.2) is 0 Å². The Labute approximate surface area is 81.3 Å². The van der Waals surface area contributed by atoms with Crippen molar-refractivity contribution in [2.75, 3.05) is 20.2 Å². The highest BCUT2D eigenvalue weighted by Crippen LogP contribution is 2.29. The first-order valence-corrected chi connectivity index (χ1v) is 5.56. The lowest BCUT2D eigenvalue weighted by molar-refractivity contribution is -0.0591. The van der Waals surface area contributed by atoms with Crippen LogP contribution in [-0.2, 0) is 4.74 Å². The van der Waals surface area contributed by atoms with Gasteiger partial charge in [-0.25, -0.2) is 0 Å². The molecule has 2 rings (SSSR count). The molecule has 0 aromatic rings. The zero-order valence-electron chi connectivity index (χ0n) is 8.83. The number of likely N-dealkylation sites (tertiary alicyclic amines) is 1. The van der Waals surface area contributed by atoms with Gasteiger partial charge in [-0.05, 0) is 31.6 Å². The van der Waals surface area contributed by atoms with Crippen molar-refractivity contribution >= 4 is 0 Å². The van der Waals surface area contributed by atoms with E-state index in [-0.39, 0.29) is 0 Å². The van der Waals surface area contributed by atoms with Gasteiger partial charge in [0.2, 0.25) is 0 Å². The molecular weight excluding hydrogens is 162 g/mol. The Bertz CT molecular complexity index is 157. The smallest absolute Gasteiger partial charge is 0.0825 e. The van der Waals surface area contributed by atoms with Crippen LogP contribution in [0.3, 0.4) is 0 Å². The molecule has 1 heterocycles. The Balaban J connectivity index is 1.71. The number of ether oxygens (including phenoxy) is 1. The maximum atomic E-state index is 5.29. The summed E-state index contributed by atoms with van der Waals surface area (Å²) in [6.07, 6.45) is 6.21. The topological polar surface area (TPSA) is 12.5 Å². The fourth-order valence-corrected chi connectivity index (χ4v) is 2.52. The molecule has 13 heavy (non-hydrogen) atoms. The fourth-order valence-electron chi connectivity index (χ4n) is 2.52. The number of methoxy groups -OCH3 is 1. The zero-order chi connectivity index (χ0) is 9.26. The van der Waals surface area contributed by atoms with Crippen LogP contribution in [-0.4, -0.2) is 37.2 Å². The van der Waals surface area contributed by atoms with Gasteiger partial charge in [0.05, 0.1) is 6.10 Å². The van der Waals surface area contributed by atoms with E-state index in [1.165, 1.54) is 38.8 Å². The Morgan fingerprint density at radius 2 is 1.69 bits per heavy atom. The second-order valence-corrected chi connectivity index (χ2v) is 4.73. The van der Waals surface area contributed by atoms with Crippen LogP contribution in [0.4, 0.5) is 0 Å². The van der Waals surface area contributed by atoms with Crippen LogP contribution in [0.2, 0.25) is 0 Å². The zero-order valence-corrected chi connectivity index (χ0v) is 8.83.